The van der Waals surface area contributed by atoms with E-state index in [-0.39, 0.29) is 5.76 Å². The Bertz CT molecular complexity index is 902. The zero-order chi connectivity index (χ0) is 18.0. The molecule has 126 valence electrons. The van der Waals surface area contributed by atoms with Crippen LogP contribution in [-0.4, -0.2) is 17.5 Å². The van der Waals surface area contributed by atoms with Crippen LogP contribution in [0.3, 0.4) is 0 Å². The maximum absolute atomic E-state index is 12.1. The van der Waals surface area contributed by atoms with Crippen LogP contribution >= 0.6 is 11.6 Å². The quantitative estimate of drug-likeness (QED) is 0.473. The molecule has 1 atom stereocenters. The molecule has 3 rings (SSSR count). The first-order valence-electron chi connectivity index (χ1n) is 7.45. The second-order valence-corrected chi connectivity index (χ2v) is 5.89. The summed E-state index contributed by atoms with van der Waals surface area (Å²) in [5.41, 5.74) is 0.835. The average molecular weight is 357 g/mol. The summed E-state index contributed by atoms with van der Waals surface area (Å²) in [4.78, 5) is 35.6. The number of ketones is 2. The predicted molar refractivity (Wildman–Crippen MR) is 91.5 cm³/mol. The number of hydrogen-bond donors (Lipinski definition) is 0. The summed E-state index contributed by atoms with van der Waals surface area (Å²) in [5, 5.41) is 0.620. The molecule has 0 N–H and O–H groups in total. The number of halogens is 1. The average Bonchev–Trinajstić information content (AvgIpc) is 3.01. The number of allylic oxidation sites excluding steroid dienone is 3. The highest BCUT2D eigenvalue weighted by Crippen LogP contribution is 2.24. The van der Waals surface area contributed by atoms with E-state index >= 15 is 0 Å². The van der Waals surface area contributed by atoms with Gasteiger partial charge in [-0.15, -0.1) is 0 Å². The Balaban J connectivity index is 1.74. The highest BCUT2D eigenvalue weighted by Gasteiger charge is 2.36. The van der Waals surface area contributed by atoms with Crippen molar-refractivity contribution in [1.82, 2.24) is 0 Å². The van der Waals surface area contributed by atoms with Gasteiger partial charge in [0.25, 0.3) is 0 Å². The summed E-state index contributed by atoms with van der Waals surface area (Å²) < 4.78 is 10.4. The lowest BCUT2D eigenvalue weighted by atomic mass is 9.96. The molecule has 1 unspecified atom stereocenters. The molecule has 0 saturated carbocycles. The Kier molecular flexibility index (Phi) is 4.67. The van der Waals surface area contributed by atoms with E-state index in [4.69, 9.17) is 20.8 Å². The van der Waals surface area contributed by atoms with E-state index in [9.17, 15) is 14.4 Å². The third-order valence-corrected chi connectivity index (χ3v) is 3.83. The standard InChI is InChI=1S/C19H13ClO5/c1-11-10-16(22)18(19(23)24-11)15(21)8-6-14-7-9-17(25-14)12-2-4-13(20)5-3-12/h2-10,18H,1H3/b8-6+. The SMILES string of the molecule is CC1=CC(=O)C(C(=O)/C=C/c2ccc(-c3ccc(Cl)cc3)o2)C(=O)O1. The van der Waals surface area contributed by atoms with Crippen LogP contribution in [0.1, 0.15) is 12.7 Å². The summed E-state index contributed by atoms with van der Waals surface area (Å²) in [6, 6.07) is 10.5. The number of carbonyl (C=O) groups excluding carboxylic acids is 3. The van der Waals surface area contributed by atoms with Crippen molar-refractivity contribution in [2.75, 3.05) is 0 Å². The number of cyclic esters (lactones) is 1. The molecule has 1 aliphatic rings. The van der Waals surface area contributed by atoms with Crippen molar-refractivity contribution in [3.05, 3.63) is 65.1 Å². The first-order valence-corrected chi connectivity index (χ1v) is 7.83. The van der Waals surface area contributed by atoms with Gasteiger partial charge in [0.05, 0.1) is 0 Å². The van der Waals surface area contributed by atoms with Gasteiger partial charge in [0, 0.05) is 16.7 Å². The van der Waals surface area contributed by atoms with Crippen LogP contribution in [0, 0.1) is 5.92 Å². The fourth-order valence-corrected chi connectivity index (χ4v) is 2.50. The fourth-order valence-electron chi connectivity index (χ4n) is 2.38. The van der Waals surface area contributed by atoms with Crippen molar-refractivity contribution >= 4 is 35.2 Å². The van der Waals surface area contributed by atoms with E-state index in [1.54, 1.807) is 24.3 Å². The van der Waals surface area contributed by atoms with Crippen LogP contribution in [0.2, 0.25) is 5.02 Å². The van der Waals surface area contributed by atoms with Crippen LogP contribution in [0.25, 0.3) is 17.4 Å². The van der Waals surface area contributed by atoms with Gasteiger partial charge in [-0.1, -0.05) is 11.6 Å². The van der Waals surface area contributed by atoms with E-state index in [0.717, 1.165) is 17.7 Å². The Hall–Kier alpha value is -2.92. The smallest absolute Gasteiger partial charge is 0.329 e. The molecule has 1 aromatic heterocycles. The van der Waals surface area contributed by atoms with Crippen LogP contribution in [0.15, 0.2) is 58.7 Å². The summed E-state index contributed by atoms with van der Waals surface area (Å²) in [7, 11) is 0. The van der Waals surface area contributed by atoms with E-state index in [0.29, 0.717) is 16.5 Å². The number of furan rings is 1. The van der Waals surface area contributed by atoms with Crippen LogP contribution in [0.5, 0.6) is 0 Å². The van der Waals surface area contributed by atoms with E-state index in [1.807, 2.05) is 12.1 Å². The lowest BCUT2D eigenvalue weighted by Crippen LogP contribution is -2.34. The topological polar surface area (TPSA) is 73.6 Å². The van der Waals surface area contributed by atoms with E-state index < -0.39 is 23.5 Å². The molecule has 0 amide bonds. The Morgan fingerprint density at radius 3 is 2.52 bits per heavy atom. The summed E-state index contributed by atoms with van der Waals surface area (Å²) in [5.74, 6) is -2.33. The third kappa shape index (κ3) is 3.78. The van der Waals surface area contributed by atoms with Gasteiger partial charge >= 0.3 is 5.97 Å². The van der Waals surface area contributed by atoms with Gasteiger partial charge in [0.2, 0.25) is 0 Å². The molecule has 6 heteroatoms. The minimum absolute atomic E-state index is 0.182. The van der Waals surface area contributed by atoms with Crippen molar-refractivity contribution in [2.24, 2.45) is 5.92 Å². The van der Waals surface area contributed by atoms with Gasteiger partial charge in [-0.05, 0) is 55.5 Å². The predicted octanol–water partition coefficient (Wildman–Crippen LogP) is 3.83. The van der Waals surface area contributed by atoms with E-state index in [2.05, 4.69) is 0 Å². The maximum Gasteiger partial charge on any atom is 0.329 e. The van der Waals surface area contributed by atoms with Gasteiger partial charge < -0.3 is 9.15 Å². The van der Waals surface area contributed by atoms with E-state index in [1.165, 1.54) is 13.0 Å². The minimum Gasteiger partial charge on any atom is -0.457 e. The zero-order valence-electron chi connectivity index (χ0n) is 13.2. The molecule has 0 radical (unpaired) electrons. The highest BCUT2D eigenvalue weighted by atomic mass is 35.5. The summed E-state index contributed by atoms with van der Waals surface area (Å²) in [6.07, 6.45) is 3.69. The number of hydrogen-bond acceptors (Lipinski definition) is 5. The van der Waals surface area contributed by atoms with Gasteiger partial charge in [-0.3, -0.25) is 14.4 Å². The minimum atomic E-state index is -1.45. The molecule has 25 heavy (non-hydrogen) atoms. The largest absolute Gasteiger partial charge is 0.457 e. The fraction of sp³-hybridized carbons (Fsp3) is 0.105. The maximum atomic E-state index is 12.1. The monoisotopic (exact) mass is 356 g/mol. The lowest BCUT2D eigenvalue weighted by molar-refractivity contribution is -0.151. The molecular formula is C19H13ClO5. The highest BCUT2D eigenvalue weighted by molar-refractivity contribution is 6.30. The van der Waals surface area contributed by atoms with Crippen LogP contribution < -0.4 is 0 Å². The first-order chi connectivity index (χ1) is 11.9. The lowest BCUT2D eigenvalue weighted by Gasteiger charge is -2.15. The van der Waals surface area contributed by atoms with Crippen LogP contribution in [0.4, 0.5) is 0 Å². The first kappa shape index (κ1) is 16.9. The molecule has 5 nitrogen and oxygen atoms in total. The summed E-state index contributed by atoms with van der Waals surface area (Å²) in [6.45, 7) is 1.48. The normalized spacial score (nSPS) is 17.5. The Morgan fingerprint density at radius 2 is 1.84 bits per heavy atom. The van der Waals surface area contributed by atoms with Crippen molar-refractivity contribution in [2.45, 2.75) is 6.92 Å². The van der Waals surface area contributed by atoms with Gasteiger partial charge in [-0.25, -0.2) is 0 Å². The molecule has 1 aromatic carbocycles. The van der Waals surface area contributed by atoms with Crippen molar-refractivity contribution in [3.63, 3.8) is 0 Å². The second kappa shape index (κ2) is 6.91. The van der Waals surface area contributed by atoms with Crippen molar-refractivity contribution < 1.29 is 23.5 Å². The molecule has 0 saturated heterocycles. The number of carbonyl (C=O) groups is 3. The number of benzene rings is 1. The molecule has 0 aliphatic carbocycles. The number of ether oxygens (including phenoxy) is 1. The zero-order valence-corrected chi connectivity index (χ0v) is 13.9. The van der Waals surface area contributed by atoms with Crippen molar-refractivity contribution in [1.29, 1.82) is 0 Å². The molecule has 0 spiro atoms. The van der Waals surface area contributed by atoms with Gasteiger partial charge in [0.1, 0.15) is 17.3 Å². The summed E-state index contributed by atoms with van der Waals surface area (Å²) >= 11 is 5.85. The third-order valence-electron chi connectivity index (χ3n) is 3.58. The molecule has 0 bridgehead atoms. The Labute approximate surface area is 148 Å². The van der Waals surface area contributed by atoms with Crippen LogP contribution in [-0.2, 0) is 19.1 Å². The second-order valence-electron chi connectivity index (χ2n) is 5.46. The molecule has 0 fully saturated rings. The Morgan fingerprint density at radius 1 is 1.12 bits per heavy atom. The molecule has 2 heterocycles. The molecular weight excluding hydrogens is 344 g/mol. The number of esters is 1. The molecule has 2 aromatic rings. The van der Waals surface area contributed by atoms with Gasteiger partial charge in [0.15, 0.2) is 17.5 Å². The molecule has 1 aliphatic heterocycles. The number of rotatable bonds is 4. The van der Waals surface area contributed by atoms with Crippen molar-refractivity contribution in [3.8, 4) is 11.3 Å². The van der Waals surface area contributed by atoms with Gasteiger partial charge in [-0.2, -0.15) is 0 Å².